The van der Waals surface area contributed by atoms with E-state index in [1.165, 1.54) is 0 Å². The van der Waals surface area contributed by atoms with Crippen LogP contribution in [0.5, 0.6) is 5.75 Å². The quantitative estimate of drug-likeness (QED) is 0.558. The van der Waals surface area contributed by atoms with E-state index in [9.17, 15) is 9.59 Å². The minimum absolute atomic E-state index is 0.0283. The van der Waals surface area contributed by atoms with Crippen LogP contribution in [0.15, 0.2) is 29.3 Å². The summed E-state index contributed by atoms with van der Waals surface area (Å²) in [6.07, 6.45) is 4.13. The smallest absolute Gasteiger partial charge is 0.231 e. The van der Waals surface area contributed by atoms with Crippen LogP contribution >= 0.6 is 0 Å². The van der Waals surface area contributed by atoms with Crippen LogP contribution in [0, 0.1) is 11.8 Å². The minimum Gasteiger partial charge on any atom is -0.487 e. The zero-order valence-electron chi connectivity index (χ0n) is 21.7. The van der Waals surface area contributed by atoms with E-state index < -0.39 is 5.54 Å². The van der Waals surface area contributed by atoms with Gasteiger partial charge in [0.05, 0.1) is 18.0 Å². The Kier molecular flexibility index (Phi) is 7.13. The lowest BCUT2D eigenvalue weighted by atomic mass is 9.83. The lowest BCUT2D eigenvalue weighted by Gasteiger charge is -2.41. The zero-order chi connectivity index (χ0) is 25.4. The first kappa shape index (κ1) is 25.5. The largest absolute Gasteiger partial charge is 0.487 e. The summed E-state index contributed by atoms with van der Waals surface area (Å²) in [6.45, 7) is 8.57. The number of ether oxygens (including phenoxy) is 2. The summed E-state index contributed by atoms with van der Waals surface area (Å²) >= 11 is 0. The first-order valence-electron chi connectivity index (χ1n) is 12.9. The van der Waals surface area contributed by atoms with Gasteiger partial charge in [0.15, 0.2) is 5.96 Å². The van der Waals surface area contributed by atoms with E-state index in [0.29, 0.717) is 19.4 Å². The number of carbonyl (C=O) groups excluding carboxylic acids is 2. The third kappa shape index (κ3) is 5.17. The molecule has 0 saturated heterocycles. The number of hydrogen-bond donors (Lipinski definition) is 2. The molecule has 35 heavy (non-hydrogen) atoms. The molecule has 1 aromatic rings. The monoisotopic (exact) mass is 484 g/mol. The number of aliphatic imine (C=N–C) groups is 1. The lowest BCUT2D eigenvalue weighted by molar-refractivity contribution is -0.132. The van der Waals surface area contributed by atoms with Gasteiger partial charge < -0.3 is 20.5 Å². The van der Waals surface area contributed by atoms with Crippen LogP contribution in [0.3, 0.4) is 0 Å². The van der Waals surface area contributed by atoms with Gasteiger partial charge in [0.2, 0.25) is 11.8 Å². The number of methoxy groups -OCH3 is 1. The Morgan fingerprint density at radius 1 is 1.31 bits per heavy atom. The maximum absolute atomic E-state index is 13.5. The van der Waals surface area contributed by atoms with Gasteiger partial charge in [-0.3, -0.25) is 14.5 Å². The van der Waals surface area contributed by atoms with Crippen LogP contribution < -0.4 is 15.8 Å². The lowest BCUT2D eigenvalue weighted by Crippen LogP contribution is -2.55. The molecule has 192 valence electrons. The molecule has 0 spiro atoms. The van der Waals surface area contributed by atoms with Gasteiger partial charge in [-0.2, -0.15) is 0 Å². The van der Waals surface area contributed by atoms with Crippen molar-refractivity contribution in [2.24, 2.45) is 22.6 Å². The Morgan fingerprint density at radius 2 is 2.03 bits per heavy atom. The van der Waals surface area contributed by atoms with E-state index in [4.69, 9.17) is 15.2 Å². The predicted molar refractivity (Wildman–Crippen MR) is 135 cm³/mol. The summed E-state index contributed by atoms with van der Waals surface area (Å²) in [5, 5.41) is 3.32. The van der Waals surface area contributed by atoms with Crippen molar-refractivity contribution in [1.29, 1.82) is 0 Å². The summed E-state index contributed by atoms with van der Waals surface area (Å²) < 4.78 is 11.7. The summed E-state index contributed by atoms with van der Waals surface area (Å²) in [7, 11) is 1.64. The van der Waals surface area contributed by atoms with Gasteiger partial charge in [-0.15, -0.1) is 0 Å². The zero-order valence-corrected chi connectivity index (χ0v) is 21.7. The van der Waals surface area contributed by atoms with E-state index in [2.05, 4.69) is 24.2 Å². The molecule has 1 saturated carbocycles. The van der Waals surface area contributed by atoms with Gasteiger partial charge >= 0.3 is 0 Å². The summed E-state index contributed by atoms with van der Waals surface area (Å²) in [5.74, 6) is 0.946. The average Bonchev–Trinajstić information content (AvgIpc) is 3.60. The highest BCUT2D eigenvalue weighted by molar-refractivity contribution is 5.99. The highest BCUT2D eigenvalue weighted by Gasteiger charge is 2.52. The Labute approximate surface area is 208 Å². The van der Waals surface area contributed by atoms with E-state index >= 15 is 0 Å². The maximum Gasteiger partial charge on any atom is 0.231 e. The SMILES string of the molecule is CCC1(CC)CC(NC(=O)[C@H]2C[C@@H]2[C@@H](CCOC)N2C(=O)CC(C)(C)N=C2N)c2ccccc2O1. The van der Waals surface area contributed by atoms with Crippen molar-refractivity contribution >= 4 is 17.8 Å². The van der Waals surface area contributed by atoms with Crippen LogP contribution in [0.1, 0.15) is 77.8 Å². The molecule has 1 aliphatic carbocycles. The molecule has 0 bridgehead atoms. The fraction of sp³-hybridized carbons (Fsp3) is 0.667. The van der Waals surface area contributed by atoms with Crippen molar-refractivity contribution in [2.45, 2.75) is 89.4 Å². The Balaban J connectivity index is 1.51. The third-order valence-electron chi connectivity index (χ3n) is 7.94. The number of nitrogens with zero attached hydrogens (tertiary/aromatic N) is 2. The molecule has 0 aromatic heterocycles. The molecule has 1 unspecified atom stereocenters. The number of guanidine groups is 1. The van der Waals surface area contributed by atoms with Crippen LogP contribution in [-0.2, 0) is 14.3 Å². The first-order chi connectivity index (χ1) is 16.6. The van der Waals surface area contributed by atoms with Crippen LogP contribution in [-0.4, -0.2) is 53.6 Å². The molecule has 8 nitrogen and oxygen atoms in total. The van der Waals surface area contributed by atoms with E-state index in [1.807, 2.05) is 38.1 Å². The summed E-state index contributed by atoms with van der Waals surface area (Å²) in [6, 6.07) is 7.67. The van der Waals surface area contributed by atoms with Crippen molar-refractivity contribution in [3.63, 3.8) is 0 Å². The Hall–Kier alpha value is -2.61. The normalized spacial score (nSPS) is 27.3. The number of benzene rings is 1. The molecule has 1 aromatic carbocycles. The summed E-state index contributed by atoms with van der Waals surface area (Å²) in [5.41, 5.74) is 6.50. The molecule has 8 heteroatoms. The third-order valence-corrected chi connectivity index (χ3v) is 7.94. The van der Waals surface area contributed by atoms with Gasteiger partial charge in [-0.1, -0.05) is 32.0 Å². The van der Waals surface area contributed by atoms with Crippen molar-refractivity contribution < 1.29 is 19.1 Å². The van der Waals surface area contributed by atoms with Gasteiger partial charge in [-0.05, 0) is 51.5 Å². The van der Waals surface area contributed by atoms with E-state index in [0.717, 1.165) is 37.0 Å². The van der Waals surface area contributed by atoms with Crippen LogP contribution in [0.4, 0.5) is 0 Å². The predicted octanol–water partition coefficient (Wildman–Crippen LogP) is 3.55. The number of nitrogens with two attached hydrogens (primary N) is 1. The fourth-order valence-electron chi connectivity index (χ4n) is 5.76. The maximum atomic E-state index is 13.5. The van der Waals surface area contributed by atoms with Crippen molar-refractivity contribution in [2.75, 3.05) is 13.7 Å². The van der Waals surface area contributed by atoms with Gasteiger partial charge in [0.25, 0.3) is 0 Å². The molecule has 3 aliphatic rings. The standard InChI is InChI=1S/C27H40N4O4/c1-6-27(7-2)15-20(17-10-8-9-11-22(17)35-27)29-24(33)19-14-18(19)21(12-13-34-5)31-23(32)16-26(3,4)30-25(31)28/h8-11,18-21H,6-7,12-16H2,1-5H3,(H2,28,30)(H,29,33)/t18-,19-,20?,21+/m0/s1. The molecule has 4 atom stereocenters. The van der Waals surface area contributed by atoms with Crippen molar-refractivity contribution in [3.8, 4) is 5.75 Å². The second-order valence-electron chi connectivity index (χ2n) is 10.9. The summed E-state index contributed by atoms with van der Waals surface area (Å²) in [4.78, 5) is 32.7. The average molecular weight is 485 g/mol. The molecule has 0 radical (unpaired) electrons. The number of nitrogens with one attached hydrogen (secondary N) is 1. The highest BCUT2D eigenvalue weighted by atomic mass is 16.5. The van der Waals surface area contributed by atoms with Crippen molar-refractivity contribution in [1.82, 2.24) is 10.2 Å². The van der Waals surface area contributed by atoms with Crippen molar-refractivity contribution in [3.05, 3.63) is 29.8 Å². The number of amides is 2. The molecule has 3 N–H and O–H groups in total. The molecule has 2 aliphatic heterocycles. The number of hydrogen-bond acceptors (Lipinski definition) is 6. The molecule has 2 heterocycles. The number of rotatable bonds is 9. The van der Waals surface area contributed by atoms with E-state index in [-0.39, 0.29) is 47.3 Å². The number of fused-ring (bicyclic) bond motifs is 1. The second-order valence-corrected chi connectivity index (χ2v) is 10.9. The van der Waals surface area contributed by atoms with Crippen LogP contribution in [0.25, 0.3) is 0 Å². The fourth-order valence-corrected chi connectivity index (χ4v) is 5.76. The van der Waals surface area contributed by atoms with Gasteiger partial charge in [0, 0.05) is 37.7 Å². The van der Waals surface area contributed by atoms with E-state index in [1.54, 1.807) is 12.0 Å². The van der Waals surface area contributed by atoms with Crippen LogP contribution in [0.2, 0.25) is 0 Å². The molecular formula is C27H40N4O4. The minimum atomic E-state index is -0.509. The number of carbonyl (C=O) groups is 2. The number of para-hydroxylation sites is 1. The highest BCUT2D eigenvalue weighted by Crippen LogP contribution is 2.47. The Bertz CT molecular complexity index is 987. The second kappa shape index (κ2) is 9.80. The molecule has 4 rings (SSSR count). The van der Waals surface area contributed by atoms with Gasteiger partial charge in [-0.25, -0.2) is 4.99 Å². The Morgan fingerprint density at radius 3 is 2.69 bits per heavy atom. The van der Waals surface area contributed by atoms with Gasteiger partial charge in [0.1, 0.15) is 11.4 Å². The molecular weight excluding hydrogens is 444 g/mol. The first-order valence-corrected chi connectivity index (χ1v) is 12.9. The topological polar surface area (TPSA) is 106 Å². The molecule has 2 amide bonds. The molecule has 1 fully saturated rings.